The van der Waals surface area contributed by atoms with Gasteiger partial charge in [-0.15, -0.1) is 0 Å². The lowest BCUT2D eigenvalue weighted by Gasteiger charge is -2.32. The van der Waals surface area contributed by atoms with E-state index in [0.717, 1.165) is 24.4 Å². The Labute approximate surface area is 138 Å². The Bertz CT molecular complexity index is 584. The summed E-state index contributed by atoms with van der Waals surface area (Å²) < 4.78 is 25.3. The predicted octanol–water partition coefficient (Wildman–Crippen LogP) is 2.85. The van der Waals surface area contributed by atoms with Crippen LogP contribution in [0.15, 0.2) is 24.3 Å². The second kappa shape index (κ2) is 7.77. The molecule has 0 aliphatic carbocycles. The van der Waals surface area contributed by atoms with E-state index in [0.29, 0.717) is 25.0 Å². The van der Waals surface area contributed by atoms with Crippen LogP contribution in [-0.2, 0) is 10.0 Å². The summed E-state index contributed by atoms with van der Waals surface area (Å²) in [4.78, 5) is 0. The number of sulfonamides is 1. The first-order chi connectivity index (χ1) is 10.4. The third kappa shape index (κ3) is 4.69. The Morgan fingerprint density at radius 1 is 1.36 bits per heavy atom. The van der Waals surface area contributed by atoms with Crippen molar-refractivity contribution < 1.29 is 8.42 Å². The van der Waals surface area contributed by atoms with Crippen LogP contribution in [0.1, 0.15) is 38.2 Å². The topological polar surface area (TPSA) is 49.4 Å². The summed E-state index contributed by atoms with van der Waals surface area (Å²) >= 11 is 6.03. The second-order valence-corrected chi connectivity index (χ2v) is 8.63. The molecular weight excluding hydrogens is 320 g/mol. The van der Waals surface area contributed by atoms with Gasteiger partial charge in [-0.3, -0.25) is 0 Å². The van der Waals surface area contributed by atoms with Crippen molar-refractivity contribution in [3.8, 4) is 0 Å². The zero-order chi connectivity index (χ0) is 16.2. The minimum atomic E-state index is -3.03. The van der Waals surface area contributed by atoms with Gasteiger partial charge in [0.2, 0.25) is 10.0 Å². The maximum atomic E-state index is 11.8. The highest BCUT2D eigenvalue weighted by molar-refractivity contribution is 7.89. The molecule has 2 rings (SSSR count). The van der Waals surface area contributed by atoms with Crippen molar-refractivity contribution in [2.24, 2.45) is 0 Å². The van der Waals surface area contributed by atoms with Crippen LogP contribution in [0.2, 0.25) is 5.02 Å². The van der Waals surface area contributed by atoms with Gasteiger partial charge in [0, 0.05) is 30.7 Å². The molecule has 0 aromatic heterocycles. The third-order valence-corrected chi connectivity index (χ3v) is 6.46. The first kappa shape index (κ1) is 17.7. The third-order valence-electron chi connectivity index (χ3n) is 4.34. The number of rotatable bonds is 6. The predicted molar refractivity (Wildman–Crippen MR) is 91.9 cm³/mol. The van der Waals surface area contributed by atoms with E-state index in [9.17, 15) is 8.42 Å². The van der Waals surface area contributed by atoms with Gasteiger partial charge in [0.1, 0.15) is 0 Å². The average molecular weight is 345 g/mol. The highest BCUT2D eigenvalue weighted by atomic mass is 35.5. The van der Waals surface area contributed by atoms with Crippen LogP contribution in [-0.4, -0.2) is 44.2 Å². The van der Waals surface area contributed by atoms with Crippen LogP contribution >= 0.6 is 11.6 Å². The Hall–Kier alpha value is -0.620. The van der Waals surface area contributed by atoms with E-state index >= 15 is 0 Å². The quantitative estimate of drug-likeness (QED) is 0.863. The lowest BCUT2D eigenvalue weighted by atomic mass is 10.00. The summed E-state index contributed by atoms with van der Waals surface area (Å²) in [6, 6.07) is 8.35. The zero-order valence-corrected chi connectivity index (χ0v) is 14.8. The van der Waals surface area contributed by atoms with Gasteiger partial charge in [0.15, 0.2) is 0 Å². The largest absolute Gasteiger partial charge is 0.313 e. The SMILES string of the molecule is CCS(=O)(=O)N1CCC(NCC(C)c2cccc(Cl)c2)CC1. The Kier molecular flexibility index (Phi) is 6.26. The molecule has 1 heterocycles. The molecule has 6 heteroatoms. The van der Waals surface area contributed by atoms with Gasteiger partial charge in [0.25, 0.3) is 0 Å². The van der Waals surface area contributed by atoms with Gasteiger partial charge in [-0.1, -0.05) is 30.7 Å². The smallest absolute Gasteiger partial charge is 0.213 e. The van der Waals surface area contributed by atoms with Gasteiger partial charge in [0.05, 0.1) is 5.75 Å². The average Bonchev–Trinajstić information content (AvgIpc) is 2.53. The highest BCUT2D eigenvalue weighted by Crippen LogP contribution is 2.20. The first-order valence-corrected chi connectivity index (χ1v) is 9.87. The molecule has 0 amide bonds. The maximum Gasteiger partial charge on any atom is 0.213 e. The van der Waals surface area contributed by atoms with Crippen LogP contribution in [0.25, 0.3) is 0 Å². The lowest BCUT2D eigenvalue weighted by Crippen LogP contribution is -2.46. The Morgan fingerprint density at radius 3 is 2.64 bits per heavy atom. The van der Waals surface area contributed by atoms with Crippen molar-refractivity contribution in [3.05, 3.63) is 34.9 Å². The summed E-state index contributed by atoms with van der Waals surface area (Å²) in [5.74, 6) is 0.577. The van der Waals surface area contributed by atoms with E-state index in [1.165, 1.54) is 5.56 Å². The number of hydrogen-bond donors (Lipinski definition) is 1. The molecule has 124 valence electrons. The fourth-order valence-electron chi connectivity index (χ4n) is 2.80. The number of nitrogens with zero attached hydrogens (tertiary/aromatic N) is 1. The molecule has 0 spiro atoms. The molecule has 1 aliphatic heterocycles. The molecule has 0 saturated carbocycles. The van der Waals surface area contributed by atoms with Gasteiger partial charge >= 0.3 is 0 Å². The van der Waals surface area contributed by atoms with Gasteiger partial charge in [-0.25, -0.2) is 12.7 Å². The molecule has 1 aromatic rings. The number of nitrogens with one attached hydrogen (secondary N) is 1. The van der Waals surface area contributed by atoms with Crippen LogP contribution in [0, 0.1) is 0 Å². The molecule has 0 bridgehead atoms. The molecule has 1 fully saturated rings. The molecule has 0 radical (unpaired) electrons. The van der Waals surface area contributed by atoms with Crippen LogP contribution < -0.4 is 5.32 Å². The van der Waals surface area contributed by atoms with E-state index in [-0.39, 0.29) is 5.75 Å². The second-order valence-electron chi connectivity index (χ2n) is 5.94. The van der Waals surface area contributed by atoms with Crippen molar-refractivity contribution in [1.82, 2.24) is 9.62 Å². The lowest BCUT2D eigenvalue weighted by molar-refractivity contribution is 0.288. The van der Waals surface area contributed by atoms with Gasteiger partial charge < -0.3 is 5.32 Å². The number of piperidine rings is 1. The summed E-state index contributed by atoms with van der Waals surface area (Å²) in [7, 11) is -3.03. The maximum absolute atomic E-state index is 11.8. The fraction of sp³-hybridized carbons (Fsp3) is 0.625. The fourth-order valence-corrected chi connectivity index (χ4v) is 4.13. The van der Waals surface area contributed by atoms with Gasteiger partial charge in [-0.2, -0.15) is 0 Å². The molecule has 4 nitrogen and oxygen atoms in total. The number of benzene rings is 1. The zero-order valence-electron chi connectivity index (χ0n) is 13.3. The summed E-state index contributed by atoms with van der Waals surface area (Å²) in [5.41, 5.74) is 1.23. The Morgan fingerprint density at radius 2 is 2.05 bits per heavy atom. The summed E-state index contributed by atoms with van der Waals surface area (Å²) in [6.45, 7) is 6.01. The summed E-state index contributed by atoms with van der Waals surface area (Å²) in [6.07, 6.45) is 1.75. The highest BCUT2D eigenvalue weighted by Gasteiger charge is 2.26. The molecule has 1 unspecified atom stereocenters. The van der Waals surface area contributed by atoms with Crippen molar-refractivity contribution in [1.29, 1.82) is 0 Å². The minimum absolute atomic E-state index is 0.191. The van der Waals surface area contributed by atoms with E-state index in [1.807, 2.05) is 18.2 Å². The normalized spacial score (nSPS) is 19.2. The molecule has 1 aromatic carbocycles. The molecule has 22 heavy (non-hydrogen) atoms. The van der Waals surface area contributed by atoms with Crippen molar-refractivity contribution in [2.45, 2.75) is 38.6 Å². The number of halogens is 1. The van der Waals surface area contributed by atoms with Crippen LogP contribution in [0.4, 0.5) is 0 Å². The minimum Gasteiger partial charge on any atom is -0.313 e. The monoisotopic (exact) mass is 344 g/mol. The first-order valence-electron chi connectivity index (χ1n) is 7.89. The molecule has 1 aliphatic rings. The van der Waals surface area contributed by atoms with Gasteiger partial charge in [-0.05, 0) is 43.4 Å². The molecule has 1 N–H and O–H groups in total. The van der Waals surface area contributed by atoms with Crippen LogP contribution in [0.5, 0.6) is 0 Å². The van der Waals surface area contributed by atoms with Crippen molar-refractivity contribution in [2.75, 3.05) is 25.4 Å². The Balaban J connectivity index is 1.79. The van der Waals surface area contributed by atoms with Crippen molar-refractivity contribution >= 4 is 21.6 Å². The molecule has 1 saturated heterocycles. The van der Waals surface area contributed by atoms with Crippen LogP contribution in [0.3, 0.4) is 0 Å². The molecule has 1 atom stereocenters. The van der Waals surface area contributed by atoms with E-state index in [2.05, 4.69) is 18.3 Å². The standard InChI is InChI=1S/C16H25ClN2O2S/c1-3-22(20,21)19-9-7-16(8-10-19)18-12-13(2)14-5-4-6-15(17)11-14/h4-6,11,13,16,18H,3,7-10,12H2,1-2H3. The van der Waals surface area contributed by atoms with E-state index in [1.54, 1.807) is 11.2 Å². The number of hydrogen-bond acceptors (Lipinski definition) is 3. The van der Waals surface area contributed by atoms with E-state index in [4.69, 9.17) is 11.6 Å². The molecular formula is C16H25ClN2O2S. The summed E-state index contributed by atoms with van der Waals surface area (Å²) in [5, 5.41) is 4.33. The van der Waals surface area contributed by atoms with Crippen molar-refractivity contribution in [3.63, 3.8) is 0 Å². The van der Waals surface area contributed by atoms with E-state index < -0.39 is 10.0 Å².